The van der Waals surface area contributed by atoms with Gasteiger partial charge < -0.3 is 10.1 Å². The quantitative estimate of drug-likeness (QED) is 0.240. The maximum Gasteiger partial charge on any atom is 0.234 e. The van der Waals surface area contributed by atoms with Crippen LogP contribution in [0.5, 0.6) is 11.6 Å². The molecule has 0 spiro atoms. The van der Waals surface area contributed by atoms with E-state index in [0.29, 0.717) is 28.7 Å². The molecule has 0 saturated carbocycles. The van der Waals surface area contributed by atoms with E-state index in [-0.39, 0.29) is 17.5 Å². The van der Waals surface area contributed by atoms with Gasteiger partial charge in [0.05, 0.1) is 11.3 Å². The SMILES string of the molecule is Cc1ccc(NC(=O)CSc2nc(-c3ccc(F)cc3)nc3c2Cc2cc(C)ccc2O3)cc1. The molecule has 0 atom stereocenters. The fourth-order valence-corrected chi connectivity index (χ4v) is 4.56. The molecule has 0 unspecified atom stereocenters. The van der Waals surface area contributed by atoms with E-state index >= 15 is 0 Å². The second kappa shape index (κ2) is 9.27. The lowest BCUT2D eigenvalue weighted by atomic mass is 10.0. The zero-order chi connectivity index (χ0) is 23.7. The Morgan fingerprint density at radius 1 is 1.00 bits per heavy atom. The number of aromatic nitrogens is 2. The Morgan fingerprint density at radius 2 is 1.74 bits per heavy atom. The number of aryl methyl sites for hydroxylation is 2. The number of halogens is 1. The Labute approximate surface area is 201 Å². The van der Waals surface area contributed by atoms with Gasteiger partial charge in [-0.1, -0.05) is 47.2 Å². The summed E-state index contributed by atoms with van der Waals surface area (Å²) in [6, 6.07) is 19.7. The number of thioether (sulfide) groups is 1. The van der Waals surface area contributed by atoms with Crippen molar-refractivity contribution in [2.75, 3.05) is 11.1 Å². The van der Waals surface area contributed by atoms with E-state index in [1.165, 1.54) is 23.9 Å². The largest absolute Gasteiger partial charge is 0.438 e. The summed E-state index contributed by atoms with van der Waals surface area (Å²) in [5.41, 5.74) is 5.59. The minimum Gasteiger partial charge on any atom is -0.438 e. The molecule has 3 aromatic carbocycles. The molecule has 2 heterocycles. The summed E-state index contributed by atoms with van der Waals surface area (Å²) < 4.78 is 19.6. The van der Waals surface area contributed by atoms with Crippen molar-refractivity contribution in [2.45, 2.75) is 25.3 Å². The van der Waals surface area contributed by atoms with Crippen molar-refractivity contribution in [3.05, 3.63) is 94.8 Å². The summed E-state index contributed by atoms with van der Waals surface area (Å²) in [4.78, 5) is 22.0. The molecular weight excluding hydrogens is 449 g/mol. The van der Waals surface area contributed by atoms with Crippen LogP contribution >= 0.6 is 11.8 Å². The van der Waals surface area contributed by atoms with Gasteiger partial charge in [-0.3, -0.25) is 4.79 Å². The first-order valence-electron chi connectivity index (χ1n) is 10.9. The van der Waals surface area contributed by atoms with Gasteiger partial charge in [-0.05, 0) is 61.9 Å². The Balaban J connectivity index is 1.44. The van der Waals surface area contributed by atoms with Gasteiger partial charge in [-0.25, -0.2) is 9.37 Å². The number of carbonyl (C=O) groups is 1. The topological polar surface area (TPSA) is 64.1 Å². The van der Waals surface area contributed by atoms with Gasteiger partial charge >= 0.3 is 0 Å². The van der Waals surface area contributed by atoms with Gasteiger partial charge in [-0.15, -0.1) is 0 Å². The summed E-state index contributed by atoms with van der Waals surface area (Å²) in [6.45, 7) is 4.04. The van der Waals surface area contributed by atoms with Crippen molar-refractivity contribution in [2.24, 2.45) is 0 Å². The summed E-state index contributed by atoms with van der Waals surface area (Å²) in [5.74, 6) is 1.38. The molecule has 7 heteroatoms. The van der Waals surface area contributed by atoms with Crippen molar-refractivity contribution in [3.63, 3.8) is 0 Å². The smallest absolute Gasteiger partial charge is 0.234 e. The van der Waals surface area contributed by atoms with Crippen LogP contribution in [0.2, 0.25) is 0 Å². The van der Waals surface area contributed by atoms with Gasteiger partial charge in [0.15, 0.2) is 5.82 Å². The number of carbonyl (C=O) groups excluding carboxylic acids is 1. The van der Waals surface area contributed by atoms with E-state index < -0.39 is 0 Å². The molecule has 4 aromatic rings. The number of nitrogens with one attached hydrogen (secondary N) is 1. The molecule has 1 aliphatic heterocycles. The molecule has 1 aromatic heterocycles. The monoisotopic (exact) mass is 471 g/mol. The highest BCUT2D eigenvalue weighted by atomic mass is 32.2. The number of fused-ring (bicyclic) bond motifs is 2. The standard InChI is InChI=1S/C27H22FN3O2S/c1-16-3-10-21(11-4-16)29-24(32)15-34-27-22-14-19-13-17(2)5-12-23(19)33-26(22)30-25(31-27)18-6-8-20(28)9-7-18/h3-13H,14-15H2,1-2H3,(H,29,32). The molecule has 34 heavy (non-hydrogen) atoms. The predicted octanol–water partition coefficient (Wildman–Crippen LogP) is 6.33. The van der Waals surface area contributed by atoms with Gasteiger partial charge in [0.25, 0.3) is 0 Å². The average Bonchev–Trinajstić information content (AvgIpc) is 2.83. The third-order valence-corrected chi connectivity index (χ3v) is 6.52. The molecular formula is C27H22FN3O2S. The molecule has 0 radical (unpaired) electrons. The Kier molecular flexibility index (Phi) is 6.02. The van der Waals surface area contributed by atoms with Crippen LogP contribution in [-0.4, -0.2) is 21.6 Å². The minimum atomic E-state index is -0.329. The molecule has 0 aliphatic carbocycles. The summed E-state index contributed by atoms with van der Waals surface area (Å²) in [5, 5.41) is 3.60. The Bertz CT molecular complexity index is 1370. The third kappa shape index (κ3) is 4.79. The molecule has 0 fully saturated rings. The molecule has 5 rings (SSSR count). The van der Waals surface area contributed by atoms with Crippen molar-refractivity contribution < 1.29 is 13.9 Å². The number of rotatable bonds is 5. The lowest BCUT2D eigenvalue weighted by Crippen LogP contribution is -2.15. The average molecular weight is 472 g/mol. The fraction of sp³-hybridized carbons (Fsp3) is 0.148. The Hall–Kier alpha value is -3.71. The highest BCUT2D eigenvalue weighted by molar-refractivity contribution is 8.00. The van der Waals surface area contributed by atoms with Crippen LogP contribution in [-0.2, 0) is 11.2 Å². The van der Waals surface area contributed by atoms with Crippen LogP contribution in [0.15, 0.2) is 71.8 Å². The number of nitrogens with zero attached hydrogens (tertiary/aromatic N) is 2. The number of amides is 1. The highest BCUT2D eigenvalue weighted by Crippen LogP contribution is 2.40. The van der Waals surface area contributed by atoms with Gasteiger partial charge in [-0.2, -0.15) is 4.98 Å². The van der Waals surface area contributed by atoms with Gasteiger partial charge in [0.1, 0.15) is 16.6 Å². The number of benzene rings is 3. The van der Waals surface area contributed by atoms with Crippen molar-refractivity contribution in [1.29, 1.82) is 0 Å². The van der Waals surface area contributed by atoms with Crippen LogP contribution in [0.3, 0.4) is 0 Å². The van der Waals surface area contributed by atoms with E-state index in [0.717, 1.165) is 33.7 Å². The van der Waals surface area contributed by atoms with E-state index in [1.54, 1.807) is 12.1 Å². The van der Waals surface area contributed by atoms with E-state index in [1.807, 2.05) is 50.2 Å². The maximum atomic E-state index is 13.4. The molecule has 0 bridgehead atoms. The van der Waals surface area contributed by atoms with Crippen LogP contribution in [0.4, 0.5) is 10.1 Å². The summed E-state index contributed by atoms with van der Waals surface area (Å²) >= 11 is 1.34. The van der Waals surface area contributed by atoms with Gasteiger partial charge in [0, 0.05) is 17.7 Å². The first kappa shape index (κ1) is 22.1. The zero-order valence-electron chi connectivity index (χ0n) is 18.8. The molecule has 0 saturated heterocycles. The molecule has 1 aliphatic rings. The lowest BCUT2D eigenvalue weighted by Gasteiger charge is -2.22. The van der Waals surface area contributed by atoms with Crippen LogP contribution in [0.25, 0.3) is 11.4 Å². The molecule has 1 amide bonds. The predicted molar refractivity (Wildman–Crippen MR) is 132 cm³/mol. The Morgan fingerprint density at radius 3 is 2.50 bits per heavy atom. The normalized spacial score (nSPS) is 11.9. The lowest BCUT2D eigenvalue weighted by molar-refractivity contribution is -0.113. The first-order valence-corrected chi connectivity index (χ1v) is 11.9. The number of hydrogen-bond donors (Lipinski definition) is 1. The summed E-state index contributed by atoms with van der Waals surface area (Å²) in [6.07, 6.45) is 0.609. The van der Waals surface area contributed by atoms with Crippen molar-refractivity contribution >= 4 is 23.4 Å². The second-order valence-corrected chi connectivity index (χ2v) is 9.20. The summed E-state index contributed by atoms with van der Waals surface area (Å²) in [7, 11) is 0. The zero-order valence-corrected chi connectivity index (χ0v) is 19.6. The van der Waals surface area contributed by atoms with Crippen molar-refractivity contribution in [1.82, 2.24) is 9.97 Å². The number of anilines is 1. The molecule has 5 nitrogen and oxygen atoms in total. The highest BCUT2D eigenvalue weighted by Gasteiger charge is 2.25. The third-order valence-electron chi connectivity index (χ3n) is 5.50. The minimum absolute atomic E-state index is 0.127. The van der Waals surface area contributed by atoms with Gasteiger partial charge in [0.2, 0.25) is 11.8 Å². The molecule has 1 N–H and O–H groups in total. The van der Waals surface area contributed by atoms with Crippen molar-refractivity contribution in [3.8, 4) is 23.0 Å². The number of ether oxygens (including phenoxy) is 1. The molecule has 170 valence electrons. The maximum absolute atomic E-state index is 13.4. The van der Waals surface area contributed by atoms with Crippen LogP contribution in [0, 0.1) is 19.7 Å². The second-order valence-electron chi connectivity index (χ2n) is 8.24. The number of hydrogen-bond acceptors (Lipinski definition) is 5. The van der Waals surface area contributed by atoms with E-state index in [2.05, 4.69) is 16.4 Å². The van der Waals surface area contributed by atoms with Crippen LogP contribution < -0.4 is 10.1 Å². The fourth-order valence-electron chi connectivity index (χ4n) is 3.74. The first-order chi connectivity index (χ1) is 16.4. The van der Waals surface area contributed by atoms with Crippen LogP contribution in [0.1, 0.15) is 22.3 Å². The van der Waals surface area contributed by atoms with E-state index in [9.17, 15) is 9.18 Å². The van der Waals surface area contributed by atoms with E-state index in [4.69, 9.17) is 9.72 Å².